The second-order valence-electron chi connectivity index (χ2n) is 5.50. The highest BCUT2D eigenvalue weighted by Crippen LogP contribution is 2.20. The van der Waals surface area contributed by atoms with Crippen LogP contribution < -0.4 is 5.32 Å². The van der Waals surface area contributed by atoms with E-state index in [1.807, 2.05) is 18.5 Å². The van der Waals surface area contributed by atoms with Crippen molar-refractivity contribution in [3.63, 3.8) is 0 Å². The van der Waals surface area contributed by atoms with Crippen molar-refractivity contribution < 1.29 is 0 Å². The normalized spacial score (nSPS) is 12.3. The van der Waals surface area contributed by atoms with Crippen LogP contribution in [0.5, 0.6) is 0 Å². The number of aryl methyl sites for hydroxylation is 2. The van der Waals surface area contributed by atoms with Gasteiger partial charge in [0.05, 0.1) is 0 Å². The summed E-state index contributed by atoms with van der Waals surface area (Å²) in [7, 11) is 0. The molecule has 2 aromatic rings. The molecule has 1 N–H and O–H groups in total. The Morgan fingerprint density at radius 2 is 1.81 bits per heavy atom. The first kappa shape index (κ1) is 15.7. The monoisotopic (exact) mass is 282 g/mol. The van der Waals surface area contributed by atoms with Gasteiger partial charge in [0.15, 0.2) is 0 Å². The minimum Gasteiger partial charge on any atom is -0.310 e. The van der Waals surface area contributed by atoms with Gasteiger partial charge in [-0.15, -0.1) is 0 Å². The van der Waals surface area contributed by atoms with Crippen LogP contribution >= 0.6 is 0 Å². The lowest BCUT2D eigenvalue weighted by Crippen LogP contribution is -2.21. The number of rotatable bonds is 8. The van der Waals surface area contributed by atoms with Gasteiger partial charge in [-0.1, -0.05) is 50.6 Å². The smallest absolute Gasteiger partial charge is 0.0323 e. The van der Waals surface area contributed by atoms with E-state index in [4.69, 9.17) is 0 Å². The van der Waals surface area contributed by atoms with Gasteiger partial charge >= 0.3 is 0 Å². The third kappa shape index (κ3) is 4.98. The molecule has 0 bridgehead atoms. The average Bonchev–Trinajstić information content (AvgIpc) is 2.54. The van der Waals surface area contributed by atoms with Crippen molar-refractivity contribution in [2.75, 3.05) is 6.54 Å². The van der Waals surface area contributed by atoms with E-state index in [1.54, 1.807) is 0 Å². The second-order valence-corrected chi connectivity index (χ2v) is 5.50. The molecule has 1 aromatic heterocycles. The molecule has 0 aliphatic carbocycles. The Morgan fingerprint density at radius 1 is 1.00 bits per heavy atom. The molecule has 1 heterocycles. The fourth-order valence-corrected chi connectivity index (χ4v) is 2.70. The Kier molecular flexibility index (Phi) is 6.42. The SMILES string of the molecule is CCCc1ccc(C(CCc2cccnc2)NCC)cc1. The van der Waals surface area contributed by atoms with Gasteiger partial charge in [0.25, 0.3) is 0 Å². The fraction of sp³-hybridized carbons (Fsp3) is 0.421. The lowest BCUT2D eigenvalue weighted by Gasteiger charge is -2.19. The topological polar surface area (TPSA) is 24.9 Å². The number of nitrogens with zero attached hydrogens (tertiary/aromatic N) is 1. The first-order chi connectivity index (χ1) is 10.3. The van der Waals surface area contributed by atoms with E-state index in [-0.39, 0.29) is 0 Å². The number of pyridine rings is 1. The summed E-state index contributed by atoms with van der Waals surface area (Å²) >= 11 is 0. The molecule has 1 atom stereocenters. The van der Waals surface area contributed by atoms with E-state index in [1.165, 1.54) is 29.5 Å². The summed E-state index contributed by atoms with van der Waals surface area (Å²) in [6.45, 7) is 5.39. The van der Waals surface area contributed by atoms with Crippen molar-refractivity contribution in [1.82, 2.24) is 10.3 Å². The molecule has 2 rings (SSSR count). The molecule has 2 heteroatoms. The summed E-state index contributed by atoms with van der Waals surface area (Å²) in [5.41, 5.74) is 4.13. The van der Waals surface area contributed by atoms with Gasteiger partial charge in [0.1, 0.15) is 0 Å². The van der Waals surface area contributed by atoms with Crippen molar-refractivity contribution in [2.45, 2.75) is 45.6 Å². The van der Waals surface area contributed by atoms with Gasteiger partial charge in [0, 0.05) is 18.4 Å². The predicted molar refractivity (Wildman–Crippen MR) is 89.4 cm³/mol. The molecule has 0 saturated heterocycles. The van der Waals surface area contributed by atoms with Crippen LogP contribution in [0.1, 0.15) is 49.4 Å². The Hall–Kier alpha value is -1.67. The molecule has 0 radical (unpaired) electrons. The zero-order chi connectivity index (χ0) is 14.9. The van der Waals surface area contributed by atoms with E-state index in [2.05, 4.69) is 54.5 Å². The Labute approximate surface area is 128 Å². The molecular formula is C19H26N2. The lowest BCUT2D eigenvalue weighted by molar-refractivity contribution is 0.515. The van der Waals surface area contributed by atoms with Crippen LogP contribution in [0.4, 0.5) is 0 Å². The molecule has 1 aromatic carbocycles. The van der Waals surface area contributed by atoms with Crippen molar-refractivity contribution in [2.24, 2.45) is 0 Å². The first-order valence-electron chi connectivity index (χ1n) is 8.04. The maximum Gasteiger partial charge on any atom is 0.0323 e. The van der Waals surface area contributed by atoms with Gasteiger partial charge < -0.3 is 5.32 Å². The second kappa shape index (κ2) is 8.58. The predicted octanol–water partition coefficient (Wildman–Crippen LogP) is 4.32. The summed E-state index contributed by atoms with van der Waals surface area (Å²) < 4.78 is 0. The van der Waals surface area contributed by atoms with E-state index >= 15 is 0 Å². The highest BCUT2D eigenvalue weighted by atomic mass is 14.9. The minimum absolute atomic E-state index is 0.422. The maximum atomic E-state index is 4.19. The zero-order valence-corrected chi connectivity index (χ0v) is 13.2. The maximum absolute atomic E-state index is 4.19. The Morgan fingerprint density at radius 3 is 2.43 bits per heavy atom. The van der Waals surface area contributed by atoms with Gasteiger partial charge in [0.2, 0.25) is 0 Å². The largest absolute Gasteiger partial charge is 0.310 e. The molecule has 21 heavy (non-hydrogen) atoms. The van der Waals surface area contributed by atoms with Crippen LogP contribution in [0.25, 0.3) is 0 Å². The van der Waals surface area contributed by atoms with E-state index in [0.29, 0.717) is 6.04 Å². The molecule has 0 amide bonds. The molecule has 112 valence electrons. The summed E-state index contributed by atoms with van der Waals surface area (Å²) in [5.74, 6) is 0. The van der Waals surface area contributed by atoms with Crippen molar-refractivity contribution in [1.29, 1.82) is 0 Å². The van der Waals surface area contributed by atoms with E-state index in [0.717, 1.165) is 19.4 Å². The van der Waals surface area contributed by atoms with Crippen molar-refractivity contribution in [3.8, 4) is 0 Å². The molecule has 0 spiro atoms. The van der Waals surface area contributed by atoms with Crippen LogP contribution in [0, 0.1) is 0 Å². The van der Waals surface area contributed by atoms with Crippen molar-refractivity contribution in [3.05, 3.63) is 65.5 Å². The van der Waals surface area contributed by atoms with Gasteiger partial charge in [-0.25, -0.2) is 0 Å². The molecule has 0 aliphatic heterocycles. The Bertz CT molecular complexity index is 505. The van der Waals surface area contributed by atoms with Crippen LogP contribution in [0.3, 0.4) is 0 Å². The fourth-order valence-electron chi connectivity index (χ4n) is 2.70. The van der Waals surface area contributed by atoms with E-state index in [9.17, 15) is 0 Å². The quantitative estimate of drug-likeness (QED) is 0.780. The summed E-state index contributed by atoms with van der Waals surface area (Å²) in [6.07, 6.45) is 8.33. The van der Waals surface area contributed by atoms with Gasteiger partial charge in [-0.2, -0.15) is 0 Å². The molecular weight excluding hydrogens is 256 g/mol. The Balaban J connectivity index is 2.00. The molecule has 1 unspecified atom stereocenters. The van der Waals surface area contributed by atoms with E-state index < -0.39 is 0 Å². The van der Waals surface area contributed by atoms with Gasteiger partial charge in [-0.05, 0) is 48.6 Å². The summed E-state index contributed by atoms with van der Waals surface area (Å²) in [5, 5.41) is 3.60. The zero-order valence-electron chi connectivity index (χ0n) is 13.2. The third-order valence-electron chi connectivity index (χ3n) is 3.82. The van der Waals surface area contributed by atoms with Gasteiger partial charge in [-0.3, -0.25) is 4.98 Å². The third-order valence-corrected chi connectivity index (χ3v) is 3.82. The van der Waals surface area contributed by atoms with Crippen LogP contribution in [-0.2, 0) is 12.8 Å². The first-order valence-corrected chi connectivity index (χ1v) is 8.04. The number of benzene rings is 1. The highest BCUT2D eigenvalue weighted by Gasteiger charge is 2.10. The van der Waals surface area contributed by atoms with Crippen LogP contribution in [0.15, 0.2) is 48.8 Å². The standard InChI is InChI=1S/C19H26N2/c1-3-6-16-8-11-18(12-9-16)19(21-4-2)13-10-17-7-5-14-20-15-17/h5,7-9,11-12,14-15,19,21H,3-4,6,10,13H2,1-2H3. The van der Waals surface area contributed by atoms with Crippen LogP contribution in [0.2, 0.25) is 0 Å². The number of nitrogens with one attached hydrogen (secondary N) is 1. The number of hydrogen-bond donors (Lipinski definition) is 1. The molecule has 0 saturated carbocycles. The molecule has 2 nitrogen and oxygen atoms in total. The van der Waals surface area contributed by atoms with Crippen molar-refractivity contribution >= 4 is 0 Å². The average molecular weight is 282 g/mol. The number of aromatic nitrogens is 1. The number of hydrogen-bond acceptors (Lipinski definition) is 2. The highest BCUT2D eigenvalue weighted by molar-refractivity contribution is 5.25. The minimum atomic E-state index is 0.422. The lowest BCUT2D eigenvalue weighted by atomic mass is 9.98. The molecule has 0 aliphatic rings. The summed E-state index contributed by atoms with van der Waals surface area (Å²) in [6, 6.07) is 13.7. The van der Waals surface area contributed by atoms with Crippen LogP contribution in [-0.4, -0.2) is 11.5 Å². The summed E-state index contributed by atoms with van der Waals surface area (Å²) in [4.78, 5) is 4.19. The molecule has 0 fully saturated rings.